The average molecular weight is 349 g/mol. The summed E-state index contributed by atoms with van der Waals surface area (Å²) in [7, 11) is 1.84. The molecule has 1 aromatic carbocycles. The Balaban J connectivity index is 1.70. The van der Waals surface area contributed by atoms with Crippen molar-refractivity contribution < 1.29 is 9.59 Å². The number of hydrogen-bond donors (Lipinski definition) is 1. The molecule has 5 nitrogen and oxygen atoms in total. The number of aryl methyl sites for hydroxylation is 1. The van der Waals surface area contributed by atoms with E-state index in [0.717, 1.165) is 41.6 Å². The molecule has 4 rings (SSSR count). The first-order valence-electron chi connectivity index (χ1n) is 9.24. The summed E-state index contributed by atoms with van der Waals surface area (Å²) < 4.78 is 0. The molecule has 0 spiro atoms. The number of amides is 2. The second-order valence-electron chi connectivity index (χ2n) is 7.06. The third-order valence-electron chi connectivity index (χ3n) is 5.54. The molecule has 2 aliphatic rings. The lowest BCUT2D eigenvalue weighted by molar-refractivity contribution is -0.121. The Bertz CT molecular complexity index is 891. The quantitative estimate of drug-likeness (QED) is 0.926. The van der Waals surface area contributed by atoms with Gasteiger partial charge in [-0.3, -0.25) is 14.6 Å². The van der Waals surface area contributed by atoms with Crippen LogP contribution in [0.3, 0.4) is 0 Å². The summed E-state index contributed by atoms with van der Waals surface area (Å²) in [5.41, 5.74) is 6.89. The smallest absolute Gasteiger partial charge is 0.227 e. The van der Waals surface area contributed by atoms with E-state index in [4.69, 9.17) is 0 Å². The van der Waals surface area contributed by atoms with Crippen LogP contribution in [0.2, 0.25) is 0 Å². The maximum absolute atomic E-state index is 11.9. The molecule has 1 aliphatic heterocycles. The number of hydrogen-bond acceptors (Lipinski definition) is 3. The minimum atomic E-state index is 0.0614. The van der Waals surface area contributed by atoms with Gasteiger partial charge in [0.2, 0.25) is 11.8 Å². The number of carbonyl (C=O) groups excluding carboxylic acids is 2. The zero-order valence-electron chi connectivity index (χ0n) is 15.2. The van der Waals surface area contributed by atoms with Crippen molar-refractivity contribution in [2.24, 2.45) is 0 Å². The van der Waals surface area contributed by atoms with Gasteiger partial charge in [-0.2, -0.15) is 0 Å². The highest BCUT2D eigenvalue weighted by molar-refractivity contribution is 5.96. The average Bonchev–Trinajstić information content (AvgIpc) is 3.07. The molecule has 2 aromatic rings. The third kappa shape index (κ3) is 2.77. The maximum atomic E-state index is 11.9. The van der Waals surface area contributed by atoms with E-state index < -0.39 is 0 Å². The largest absolute Gasteiger partial charge is 0.349 e. The molecular formula is C21H23N3O2. The van der Waals surface area contributed by atoms with Gasteiger partial charge in [0.25, 0.3) is 0 Å². The van der Waals surface area contributed by atoms with E-state index >= 15 is 0 Å². The van der Waals surface area contributed by atoms with E-state index in [2.05, 4.69) is 22.4 Å². The van der Waals surface area contributed by atoms with Crippen LogP contribution in [0.4, 0.5) is 5.69 Å². The minimum Gasteiger partial charge on any atom is -0.349 e. The fraction of sp³-hybridized carbons (Fsp3) is 0.381. The Morgan fingerprint density at radius 2 is 2.12 bits per heavy atom. The first-order chi connectivity index (χ1) is 12.6. The lowest BCUT2D eigenvalue weighted by Gasteiger charge is -2.26. The van der Waals surface area contributed by atoms with Gasteiger partial charge in [0.05, 0.1) is 6.04 Å². The number of fused-ring (bicyclic) bond motifs is 2. The summed E-state index contributed by atoms with van der Waals surface area (Å²) in [6.07, 6.45) is 7.50. The summed E-state index contributed by atoms with van der Waals surface area (Å²) >= 11 is 0. The van der Waals surface area contributed by atoms with Gasteiger partial charge in [0, 0.05) is 43.5 Å². The number of pyridine rings is 1. The lowest BCUT2D eigenvalue weighted by atomic mass is 9.94. The highest BCUT2D eigenvalue weighted by atomic mass is 16.2. The second-order valence-corrected chi connectivity index (χ2v) is 7.06. The van der Waals surface area contributed by atoms with E-state index in [1.807, 2.05) is 32.4 Å². The molecule has 0 radical (unpaired) electrons. The normalized spacial score (nSPS) is 18.5. The van der Waals surface area contributed by atoms with E-state index in [1.54, 1.807) is 4.90 Å². The van der Waals surface area contributed by atoms with Crippen LogP contribution in [-0.4, -0.2) is 23.8 Å². The number of aromatic nitrogens is 1. The van der Waals surface area contributed by atoms with Gasteiger partial charge in [-0.25, -0.2) is 0 Å². The standard InChI is InChI=1S/C21H23N3O2/c1-3-20(25)23-18-7-6-15-16(11-22-12-17(15)18)13-4-8-19-14(10-13)5-9-21(26)24(19)2/h4,8,10-12,18H,3,5-7,9H2,1-2H3,(H,23,25)/t18-/m0/s1. The van der Waals surface area contributed by atoms with Crippen LogP contribution in [0.5, 0.6) is 0 Å². The van der Waals surface area contributed by atoms with Gasteiger partial charge in [-0.1, -0.05) is 13.0 Å². The molecule has 1 aromatic heterocycles. The molecule has 2 amide bonds. The fourth-order valence-electron chi connectivity index (χ4n) is 4.05. The van der Waals surface area contributed by atoms with Crippen LogP contribution < -0.4 is 10.2 Å². The summed E-state index contributed by atoms with van der Waals surface area (Å²) in [6.45, 7) is 1.87. The van der Waals surface area contributed by atoms with E-state index in [1.165, 1.54) is 11.1 Å². The number of benzene rings is 1. The molecule has 2 heterocycles. The van der Waals surface area contributed by atoms with Crippen molar-refractivity contribution in [1.29, 1.82) is 0 Å². The Labute approximate surface area is 153 Å². The molecule has 1 aliphatic carbocycles. The van der Waals surface area contributed by atoms with Gasteiger partial charge < -0.3 is 10.2 Å². The van der Waals surface area contributed by atoms with Crippen molar-refractivity contribution in [3.63, 3.8) is 0 Å². The van der Waals surface area contributed by atoms with Crippen molar-refractivity contribution in [1.82, 2.24) is 10.3 Å². The molecule has 1 N–H and O–H groups in total. The van der Waals surface area contributed by atoms with Gasteiger partial charge in [0.15, 0.2) is 0 Å². The number of nitrogens with zero attached hydrogens (tertiary/aromatic N) is 2. The van der Waals surface area contributed by atoms with Crippen LogP contribution in [0.1, 0.15) is 48.9 Å². The maximum Gasteiger partial charge on any atom is 0.227 e. The van der Waals surface area contributed by atoms with Crippen molar-refractivity contribution in [3.8, 4) is 11.1 Å². The molecule has 0 saturated carbocycles. The van der Waals surface area contributed by atoms with Gasteiger partial charge in [0.1, 0.15) is 0 Å². The SMILES string of the molecule is CCC(=O)N[C@H]1CCc2c(-c3ccc4c(c3)CCC(=O)N4C)cncc21. The number of anilines is 1. The first kappa shape index (κ1) is 16.8. The summed E-state index contributed by atoms with van der Waals surface area (Å²) in [4.78, 5) is 29.9. The van der Waals surface area contributed by atoms with Crippen LogP contribution in [0, 0.1) is 0 Å². The van der Waals surface area contributed by atoms with Crippen LogP contribution in [0.25, 0.3) is 11.1 Å². The number of nitrogens with one attached hydrogen (secondary N) is 1. The Morgan fingerprint density at radius 1 is 1.27 bits per heavy atom. The molecule has 134 valence electrons. The molecule has 0 bridgehead atoms. The van der Waals surface area contributed by atoms with Crippen molar-refractivity contribution >= 4 is 17.5 Å². The topological polar surface area (TPSA) is 62.3 Å². The summed E-state index contributed by atoms with van der Waals surface area (Å²) in [6, 6.07) is 6.36. The first-order valence-corrected chi connectivity index (χ1v) is 9.24. The predicted octanol–water partition coefficient (Wildman–Crippen LogP) is 3.17. The van der Waals surface area contributed by atoms with Crippen LogP contribution in [-0.2, 0) is 22.4 Å². The molecule has 0 saturated heterocycles. The lowest BCUT2D eigenvalue weighted by Crippen LogP contribution is -2.30. The Morgan fingerprint density at radius 3 is 2.92 bits per heavy atom. The third-order valence-corrected chi connectivity index (χ3v) is 5.54. The molecule has 5 heteroatoms. The Hall–Kier alpha value is -2.69. The summed E-state index contributed by atoms with van der Waals surface area (Å²) in [5.74, 6) is 0.247. The van der Waals surface area contributed by atoms with E-state index in [9.17, 15) is 9.59 Å². The van der Waals surface area contributed by atoms with Crippen molar-refractivity contribution in [2.45, 2.75) is 45.1 Å². The molecular weight excluding hydrogens is 326 g/mol. The van der Waals surface area contributed by atoms with Gasteiger partial charge in [-0.05, 0) is 53.6 Å². The fourth-order valence-corrected chi connectivity index (χ4v) is 4.05. The molecule has 26 heavy (non-hydrogen) atoms. The van der Waals surface area contributed by atoms with E-state index in [-0.39, 0.29) is 17.9 Å². The molecule has 1 atom stereocenters. The zero-order chi connectivity index (χ0) is 18.3. The van der Waals surface area contributed by atoms with Crippen molar-refractivity contribution in [3.05, 3.63) is 47.3 Å². The van der Waals surface area contributed by atoms with Crippen molar-refractivity contribution in [2.75, 3.05) is 11.9 Å². The summed E-state index contributed by atoms with van der Waals surface area (Å²) in [5, 5.41) is 3.10. The number of rotatable bonds is 3. The Kier molecular flexibility index (Phi) is 4.23. The van der Waals surface area contributed by atoms with E-state index in [0.29, 0.717) is 12.8 Å². The zero-order valence-corrected chi connectivity index (χ0v) is 15.2. The molecule has 0 unspecified atom stereocenters. The highest BCUT2D eigenvalue weighted by Gasteiger charge is 2.27. The highest BCUT2D eigenvalue weighted by Crippen LogP contribution is 2.39. The molecule has 0 fully saturated rings. The van der Waals surface area contributed by atoms with Gasteiger partial charge in [-0.15, -0.1) is 0 Å². The number of carbonyl (C=O) groups is 2. The second kappa shape index (κ2) is 6.56. The minimum absolute atomic E-state index is 0.0614. The van der Waals surface area contributed by atoms with Crippen LogP contribution >= 0.6 is 0 Å². The van der Waals surface area contributed by atoms with Gasteiger partial charge >= 0.3 is 0 Å². The predicted molar refractivity (Wildman–Crippen MR) is 101 cm³/mol. The monoisotopic (exact) mass is 349 g/mol. The van der Waals surface area contributed by atoms with Crippen LogP contribution in [0.15, 0.2) is 30.6 Å².